The van der Waals surface area contributed by atoms with Crippen LogP contribution in [0.25, 0.3) is 22.2 Å². The van der Waals surface area contributed by atoms with Crippen molar-refractivity contribution in [3.63, 3.8) is 0 Å². The van der Waals surface area contributed by atoms with E-state index in [1.54, 1.807) is 30.7 Å². The standard InChI is InChI=1S/C42H48N10O5/c43-22-31-2-1-3-32(20-31)40-44-24-35(25-45-40)57-28-30-8-12-48(13-9-30)27-39(54)51-18-16-49(17-19-51)26-29-10-14-50(15-11-29)34-4-5-36-33(21-34)23-46-52(42(36)56)37-6-7-38(53)47-41(37)55/h1-5,20-21,23-25,29-30,37H,6-19,26-28H2,(H,47,53,55). The van der Waals surface area contributed by atoms with Crippen LogP contribution in [0, 0.1) is 23.2 Å². The molecule has 2 aromatic carbocycles. The van der Waals surface area contributed by atoms with Crippen molar-refractivity contribution in [2.24, 2.45) is 11.8 Å². The molecule has 0 radical (unpaired) electrons. The number of likely N-dealkylation sites (tertiary alicyclic amines) is 1. The number of nitrogens with zero attached hydrogens (tertiary/aromatic N) is 9. The number of nitrogens with one attached hydrogen (secondary N) is 1. The molecule has 8 rings (SSSR count). The van der Waals surface area contributed by atoms with E-state index in [1.165, 1.54) is 4.68 Å². The molecule has 1 N–H and O–H groups in total. The van der Waals surface area contributed by atoms with E-state index in [0.29, 0.717) is 47.5 Å². The Kier molecular flexibility index (Phi) is 11.5. The van der Waals surface area contributed by atoms with Gasteiger partial charge in [-0.25, -0.2) is 14.6 Å². The van der Waals surface area contributed by atoms with E-state index in [2.05, 4.69) is 41.2 Å². The Morgan fingerprint density at radius 1 is 0.842 bits per heavy atom. The summed E-state index contributed by atoms with van der Waals surface area (Å²) in [7, 11) is 0. The maximum atomic E-state index is 13.3. The van der Waals surface area contributed by atoms with Gasteiger partial charge < -0.3 is 14.5 Å². The fourth-order valence-corrected chi connectivity index (χ4v) is 8.49. The minimum atomic E-state index is -0.778. The van der Waals surface area contributed by atoms with Crippen molar-refractivity contribution >= 4 is 34.2 Å². The van der Waals surface area contributed by atoms with Crippen LogP contribution in [-0.2, 0) is 14.4 Å². The Labute approximate surface area is 331 Å². The SMILES string of the molecule is N#Cc1cccc(-c2ncc(OCC3CCN(CC(=O)N4CCN(CC5CCN(c6ccc7c(=O)n(C8CCC(=O)NC8=O)ncc7c6)CC5)CC4)CC3)cn2)c1. The van der Waals surface area contributed by atoms with Gasteiger partial charge in [0.2, 0.25) is 11.8 Å². The van der Waals surface area contributed by atoms with Crippen molar-refractivity contribution in [2.45, 2.75) is 44.6 Å². The van der Waals surface area contributed by atoms with Crippen LogP contribution in [-0.4, -0.2) is 124 Å². The molecule has 15 nitrogen and oxygen atoms in total. The number of ether oxygens (including phenoxy) is 1. The molecule has 3 amide bonds. The van der Waals surface area contributed by atoms with E-state index in [1.807, 2.05) is 35.2 Å². The van der Waals surface area contributed by atoms with Gasteiger partial charge in [0, 0.05) is 68.9 Å². The van der Waals surface area contributed by atoms with E-state index in [9.17, 15) is 19.2 Å². The molecular formula is C42H48N10O5. The summed E-state index contributed by atoms with van der Waals surface area (Å²) in [6.07, 6.45) is 9.56. The third kappa shape index (κ3) is 8.97. The third-order valence-electron chi connectivity index (χ3n) is 12.0. The first-order valence-corrected chi connectivity index (χ1v) is 20.1. The first kappa shape index (κ1) is 38.2. The second-order valence-corrected chi connectivity index (χ2v) is 15.7. The number of carbonyl (C=O) groups is 3. The molecule has 0 aliphatic carbocycles. The van der Waals surface area contributed by atoms with E-state index in [4.69, 9.17) is 10.00 Å². The third-order valence-corrected chi connectivity index (χ3v) is 12.0. The summed E-state index contributed by atoms with van der Waals surface area (Å²) in [5.41, 5.74) is 2.10. The minimum Gasteiger partial charge on any atom is -0.490 e. The zero-order valence-electron chi connectivity index (χ0n) is 32.1. The fourth-order valence-electron chi connectivity index (χ4n) is 8.49. The van der Waals surface area contributed by atoms with Crippen LogP contribution >= 0.6 is 0 Å². The van der Waals surface area contributed by atoms with Crippen LogP contribution < -0.4 is 20.5 Å². The molecule has 0 bridgehead atoms. The number of piperazine rings is 1. The number of nitriles is 1. The van der Waals surface area contributed by atoms with Crippen molar-refractivity contribution in [1.82, 2.24) is 39.8 Å². The lowest BCUT2D eigenvalue weighted by Gasteiger charge is -2.40. The molecule has 57 heavy (non-hydrogen) atoms. The molecule has 4 saturated heterocycles. The summed E-state index contributed by atoms with van der Waals surface area (Å²) in [6, 6.07) is 14.4. The lowest BCUT2D eigenvalue weighted by Crippen LogP contribution is -2.53. The van der Waals surface area contributed by atoms with Crippen LogP contribution in [0.3, 0.4) is 0 Å². The molecule has 15 heteroatoms. The number of imide groups is 1. The van der Waals surface area contributed by atoms with Crippen molar-refractivity contribution in [3.05, 3.63) is 77.0 Å². The molecule has 2 aromatic heterocycles. The number of amides is 3. The average Bonchev–Trinajstić information content (AvgIpc) is 3.24. The van der Waals surface area contributed by atoms with Gasteiger partial charge in [0.1, 0.15) is 6.04 Å². The molecule has 0 saturated carbocycles. The quantitative estimate of drug-likeness (QED) is 0.234. The molecule has 0 spiro atoms. The normalized spacial score (nSPS) is 20.4. The maximum absolute atomic E-state index is 13.3. The van der Waals surface area contributed by atoms with Gasteiger partial charge in [0.15, 0.2) is 11.6 Å². The highest BCUT2D eigenvalue weighted by Crippen LogP contribution is 2.28. The van der Waals surface area contributed by atoms with Gasteiger partial charge in [0.25, 0.3) is 11.5 Å². The number of hydrogen-bond donors (Lipinski definition) is 1. The van der Waals surface area contributed by atoms with Gasteiger partial charge in [0.05, 0.1) is 48.8 Å². The van der Waals surface area contributed by atoms with E-state index in [0.717, 1.165) is 101 Å². The number of aromatic nitrogens is 4. The number of fused-ring (bicyclic) bond motifs is 1. The Hall–Kier alpha value is -5.72. The average molecular weight is 773 g/mol. The van der Waals surface area contributed by atoms with E-state index < -0.39 is 11.9 Å². The first-order chi connectivity index (χ1) is 27.8. The second-order valence-electron chi connectivity index (χ2n) is 15.7. The number of carbonyl (C=O) groups excluding carboxylic acids is 3. The summed E-state index contributed by atoms with van der Waals surface area (Å²) < 4.78 is 7.22. The molecule has 4 aliphatic rings. The minimum absolute atomic E-state index is 0.186. The molecule has 6 heterocycles. The summed E-state index contributed by atoms with van der Waals surface area (Å²) in [4.78, 5) is 68.4. The van der Waals surface area contributed by atoms with Gasteiger partial charge in [-0.3, -0.25) is 34.3 Å². The first-order valence-electron chi connectivity index (χ1n) is 20.1. The Morgan fingerprint density at radius 3 is 2.33 bits per heavy atom. The van der Waals surface area contributed by atoms with Gasteiger partial charge in [-0.05, 0) is 87.4 Å². The number of anilines is 1. The largest absolute Gasteiger partial charge is 0.490 e. The fraction of sp³-hybridized carbons (Fsp3) is 0.476. The Morgan fingerprint density at radius 2 is 1.60 bits per heavy atom. The summed E-state index contributed by atoms with van der Waals surface area (Å²) in [5, 5.41) is 17.0. The van der Waals surface area contributed by atoms with Crippen molar-refractivity contribution in [2.75, 3.05) is 77.0 Å². The van der Waals surface area contributed by atoms with Gasteiger partial charge in [-0.1, -0.05) is 12.1 Å². The molecule has 1 unspecified atom stereocenters. The molecule has 4 aromatic rings. The highest BCUT2D eigenvalue weighted by atomic mass is 16.5. The number of piperidine rings is 3. The highest BCUT2D eigenvalue weighted by molar-refractivity contribution is 5.99. The molecular weight excluding hydrogens is 725 g/mol. The molecule has 296 valence electrons. The van der Waals surface area contributed by atoms with Crippen molar-refractivity contribution < 1.29 is 19.1 Å². The summed E-state index contributed by atoms with van der Waals surface area (Å²) in [5.74, 6) is 1.60. The zero-order valence-corrected chi connectivity index (χ0v) is 32.1. The van der Waals surface area contributed by atoms with Crippen molar-refractivity contribution in [3.8, 4) is 23.2 Å². The van der Waals surface area contributed by atoms with Crippen LogP contribution in [0.5, 0.6) is 5.75 Å². The Balaban J connectivity index is 0.726. The lowest BCUT2D eigenvalue weighted by molar-refractivity contribution is -0.136. The number of benzene rings is 2. The van der Waals surface area contributed by atoms with E-state index in [-0.39, 0.29) is 30.2 Å². The molecule has 4 aliphatic heterocycles. The van der Waals surface area contributed by atoms with Crippen LogP contribution in [0.15, 0.2) is 65.8 Å². The second kappa shape index (κ2) is 17.2. The number of hydrogen-bond acceptors (Lipinski definition) is 12. The van der Waals surface area contributed by atoms with Gasteiger partial charge in [-0.2, -0.15) is 10.4 Å². The van der Waals surface area contributed by atoms with Crippen LogP contribution in [0.2, 0.25) is 0 Å². The number of rotatable bonds is 10. The highest BCUT2D eigenvalue weighted by Gasteiger charge is 2.31. The zero-order chi connectivity index (χ0) is 39.3. The smallest absolute Gasteiger partial charge is 0.275 e. The summed E-state index contributed by atoms with van der Waals surface area (Å²) in [6.45, 7) is 9.05. The van der Waals surface area contributed by atoms with Gasteiger partial charge >= 0.3 is 0 Å². The Bertz CT molecular complexity index is 2200. The summed E-state index contributed by atoms with van der Waals surface area (Å²) >= 11 is 0. The maximum Gasteiger partial charge on any atom is 0.275 e. The molecule has 4 fully saturated rings. The van der Waals surface area contributed by atoms with E-state index >= 15 is 0 Å². The lowest BCUT2D eigenvalue weighted by atomic mass is 9.95. The molecule has 1 atom stereocenters. The topological polar surface area (TPSA) is 170 Å². The predicted octanol–water partition coefficient (Wildman–Crippen LogP) is 2.85. The predicted molar refractivity (Wildman–Crippen MR) is 212 cm³/mol. The monoisotopic (exact) mass is 772 g/mol. The van der Waals surface area contributed by atoms with Gasteiger partial charge in [-0.15, -0.1) is 0 Å². The van der Waals surface area contributed by atoms with Crippen molar-refractivity contribution in [1.29, 1.82) is 5.26 Å². The van der Waals surface area contributed by atoms with Crippen LogP contribution in [0.1, 0.15) is 50.1 Å². The van der Waals surface area contributed by atoms with Crippen LogP contribution in [0.4, 0.5) is 5.69 Å².